The number of benzene rings is 1. The van der Waals surface area contributed by atoms with E-state index in [0.29, 0.717) is 0 Å². The van der Waals surface area contributed by atoms with E-state index in [0.717, 1.165) is 25.2 Å². The lowest BCUT2D eigenvalue weighted by Crippen LogP contribution is -2.55. The second kappa shape index (κ2) is 2.83. The molecule has 0 bridgehead atoms. The smallest absolute Gasteiger partial charge is 0.255 e. The molecule has 1 atom stereocenters. The molecule has 1 unspecified atom stereocenters. The monoisotopic (exact) mass is 202 g/mol. The number of piperazine rings is 1. The highest BCUT2D eigenvalue weighted by Gasteiger charge is 2.46. The van der Waals surface area contributed by atoms with Crippen molar-refractivity contribution in [3.8, 4) is 0 Å². The maximum atomic E-state index is 12.1. The molecule has 2 heterocycles. The van der Waals surface area contributed by atoms with Gasteiger partial charge >= 0.3 is 0 Å². The van der Waals surface area contributed by atoms with E-state index in [9.17, 15) is 4.79 Å². The molecule has 1 fully saturated rings. The summed E-state index contributed by atoms with van der Waals surface area (Å²) < 4.78 is 0. The van der Waals surface area contributed by atoms with E-state index in [4.69, 9.17) is 0 Å². The molecule has 1 aromatic rings. The summed E-state index contributed by atoms with van der Waals surface area (Å²) in [4.78, 5) is 14.1. The Morgan fingerprint density at radius 1 is 1.40 bits per heavy atom. The topological polar surface area (TPSA) is 32.3 Å². The summed E-state index contributed by atoms with van der Waals surface area (Å²) >= 11 is 0. The summed E-state index contributed by atoms with van der Waals surface area (Å²) in [7, 11) is 0. The summed E-state index contributed by atoms with van der Waals surface area (Å²) in [6.45, 7) is 4.71. The van der Waals surface area contributed by atoms with Crippen molar-refractivity contribution in [1.82, 2.24) is 10.2 Å². The average Bonchev–Trinajstić information content (AvgIpc) is 2.50. The van der Waals surface area contributed by atoms with Crippen molar-refractivity contribution in [2.24, 2.45) is 0 Å². The molecule has 3 rings (SSSR count). The van der Waals surface area contributed by atoms with Gasteiger partial charge in [-0.05, 0) is 18.6 Å². The van der Waals surface area contributed by atoms with Crippen molar-refractivity contribution < 1.29 is 4.79 Å². The van der Waals surface area contributed by atoms with Gasteiger partial charge in [0.05, 0.1) is 5.54 Å². The van der Waals surface area contributed by atoms with Crippen LogP contribution in [0.2, 0.25) is 0 Å². The fraction of sp³-hybridized carbons (Fsp3) is 0.417. The van der Waals surface area contributed by atoms with Gasteiger partial charge in [-0.3, -0.25) is 4.79 Å². The van der Waals surface area contributed by atoms with Crippen molar-refractivity contribution in [3.05, 3.63) is 35.4 Å². The van der Waals surface area contributed by atoms with Crippen LogP contribution in [0, 0.1) is 0 Å². The van der Waals surface area contributed by atoms with Gasteiger partial charge in [0.25, 0.3) is 5.91 Å². The van der Waals surface area contributed by atoms with Crippen LogP contribution in [0.4, 0.5) is 0 Å². The number of nitrogens with one attached hydrogen (secondary N) is 1. The van der Waals surface area contributed by atoms with Gasteiger partial charge in [0, 0.05) is 25.2 Å². The first kappa shape index (κ1) is 8.92. The molecule has 0 aliphatic carbocycles. The predicted octanol–water partition coefficient (Wildman–Crippen LogP) is 0.961. The molecule has 3 nitrogen and oxygen atoms in total. The summed E-state index contributed by atoms with van der Waals surface area (Å²) in [5.74, 6) is 0.189. The number of carbonyl (C=O) groups excluding carboxylic acids is 1. The van der Waals surface area contributed by atoms with Crippen molar-refractivity contribution in [2.75, 3.05) is 19.6 Å². The summed E-state index contributed by atoms with van der Waals surface area (Å²) in [6.07, 6.45) is 0. The van der Waals surface area contributed by atoms with Crippen LogP contribution >= 0.6 is 0 Å². The van der Waals surface area contributed by atoms with E-state index in [2.05, 4.69) is 18.3 Å². The van der Waals surface area contributed by atoms with Crippen LogP contribution in [-0.2, 0) is 5.54 Å². The molecule has 3 heteroatoms. The average molecular weight is 202 g/mol. The molecule has 0 saturated carbocycles. The maximum Gasteiger partial charge on any atom is 0.255 e. The Morgan fingerprint density at radius 3 is 3.07 bits per heavy atom. The van der Waals surface area contributed by atoms with Gasteiger partial charge < -0.3 is 10.2 Å². The van der Waals surface area contributed by atoms with Crippen molar-refractivity contribution >= 4 is 5.91 Å². The van der Waals surface area contributed by atoms with E-state index in [1.54, 1.807) is 0 Å². The summed E-state index contributed by atoms with van der Waals surface area (Å²) in [5, 5.41) is 3.36. The minimum absolute atomic E-state index is 0.133. The van der Waals surface area contributed by atoms with Gasteiger partial charge in [0.15, 0.2) is 0 Å². The van der Waals surface area contributed by atoms with Gasteiger partial charge in [-0.25, -0.2) is 0 Å². The van der Waals surface area contributed by atoms with Crippen LogP contribution < -0.4 is 5.32 Å². The van der Waals surface area contributed by atoms with Gasteiger partial charge in [0.2, 0.25) is 0 Å². The third kappa shape index (κ3) is 1.01. The van der Waals surface area contributed by atoms with Gasteiger partial charge in [0.1, 0.15) is 0 Å². The summed E-state index contributed by atoms with van der Waals surface area (Å²) in [6, 6.07) is 7.95. The Bertz CT molecular complexity index is 429. The molecular weight excluding hydrogens is 188 g/mol. The summed E-state index contributed by atoms with van der Waals surface area (Å²) in [5.41, 5.74) is 1.91. The molecule has 1 amide bonds. The van der Waals surface area contributed by atoms with Crippen LogP contribution in [0.25, 0.3) is 0 Å². The predicted molar refractivity (Wildman–Crippen MR) is 57.7 cm³/mol. The Labute approximate surface area is 89.1 Å². The number of hydrogen-bond donors (Lipinski definition) is 1. The highest BCUT2D eigenvalue weighted by molar-refractivity contribution is 6.00. The van der Waals surface area contributed by atoms with E-state index in [1.807, 2.05) is 23.1 Å². The normalized spacial score (nSPS) is 28.9. The largest absolute Gasteiger partial charge is 0.327 e. The van der Waals surface area contributed by atoms with Crippen molar-refractivity contribution in [3.63, 3.8) is 0 Å². The molecule has 0 aromatic heterocycles. The number of hydrogen-bond acceptors (Lipinski definition) is 2. The van der Waals surface area contributed by atoms with Crippen LogP contribution in [0.1, 0.15) is 22.8 Å². The lowest BCUT2D eigenvalue weighted by atomic mass is 9.90. The molecule has 78 valence electrons. The third-order valence-corrected chi connectivity index (χ3v) is 3.56. The number of rotatable bonds is 0. The lowest BCUT2D eigenvalue weighted by molar-refractivity contribution is 0.0510. The van der Waals surface area contributed by atoms with Crippen molar-refractivity contribution in [2.45, 2.75) is 12.5 Å². The molecule has 1 aromatic carbocycles. The molecular formula is C12H14N2O. The number of amides is 1. The van der Waals surface area contributed by atoms with Gasteiger partial charge in [-0.1, -0.05) is 18.2 Å². The van der Waals surface area contributed by atoms with E-state index < -0.39 is 0 Å². The SMILES string of the molecule is CC12CNCCN1C(=O)c1ccccc12. The standard InChI is InChI=1S/C12H14N2O/c1-12-8-13-6-7-14(12)11(15)9-4-2-3-5-10(9)12/h2-5,13H,6-8H2,1H3. The quantitative estimate of drug-likeness (QED) is 0.679. The molecule has 0 radical (unpaired) electrons. The zero-order valence-corrected chi connectivity index (χ0v) is 8.79. The lowest BCUT2D eigenvalue weighted by Gasteiger charge is -2.40. The molecule has 1 saturated heterocycles. The van der Waals surface area contributed by atoms with Gasteiger partial charge in [-0.15, -0.1) is 0 Å². The minimum Gasteiger partial charge on any atom is -0.327 e. The fourth-order valence-corrected chi connectivity index (χ4v) is 2.72. The van der Waals surface area contributed by atoms with Crippen LogP contribution in [-0.4, -0.2) is 30.4 Å². The minimum atomic E-state index is -0.133. The van der Waals surface area contributed by atoms with E-state index >= 15 is 0 Å². The Morgan fingerprint density at radius 2 is 2.20 bits per heavy atom. The first-order chi connectivity index (χ1) is 7.23. The maximum absolute atomic E-state index is 12.1. The highest BCUT2D eigenvalue weighted by atomic mass is 16.2. The van der Waals surface area contributed by atoms with Crippen LogP contribution in [0.15, 0.2) is 24.3 Å². The zero-order chi connectivity index (χ0) is 10.5. The Balaban J connectivity index is 2.20. The number of carbonyl (C=O) groups is 1. The van der Waals surface area contributed by atoms with Crippen molar-refractivity contribution in [1.29, 1.82) is 0 Å². The van der Waals surface area contributed by atoms with Gasteiger partial charge in [-0.2, -0.15) is 0 Å². The van der Waals surface area contributed by atoms with Crippen LogP contribution in [0.5, 0.6) is 0 Å². The molecule has 15 heavy (non-hydrogen) atoms. The second-order valence-corrected chi connectivity index (χ2v) is 4.45. The molecule has 1 N–H and O–H groups in total. The number of fused-ring (bicyclic) bond motifs is 3. The molecule has 0 spiro atoms. The molecule has 2 aliphatic heterocycles. The Kier molecular flexibility index (Phi) is 1.68. The Hall–Kier alpha value is -1.35. The number of nitrogens with zero attached hydrogens (tertiary/aromatic N) is 1. The zero-order valence-electron chi connectivity index (χ0n) is 8.79. The van der Waals surface area contributed by atoms with E-state index in [1.165, 1.54) is 5.56 Å². The third-order valence-electron chi connectivity index (χ3n) is 3.56. The first-order valence-corrected chi connectivity index (χ1v) is 5.36. The fourth-order valence-electron chi connectivity index (χ4n) is 2.72. The highest BCUT2D eigenvalue weighted by Crippen LogP contribution is 2.39. The van der Waals surface area contributed by atoms with E-state index in [-0.39, 0.29) is 11.4 Å². The first-order valence-electron chi connectivity index (χ1n) is 5.36. The molecule has 2 aliphatic rings. The van der Waals surface area contributed by atoms with Crippen LogP contribution in [0.3, 0.4) is 0 Å². The second-order valence-electron chi connectivity index (χ2n) is 4.45.